The van der Waals surface area contributed by atoms with Gasteiger partial charge in [0.15, 0.2) is 0 Å². The van der Waals surface area contributed by atoms with Crippen molar-refractivity contribution in [3.63, 3.8) is 0 Å². The first-order valence-electron chi connectivity index (χ1n) is 11.0. The maximum atomic E-state index is 13.6. The van der Waals surface area contributed by atoms with Gasteiger partial charge in [0.25, 0.3) is 5.69 Å². The van der Waals surface area contributed by atoms with E-state index >= 15 is 0 Å². The zero-order chi connectivity index (χ0) is 27.2. The largest absolute Gasteiger partial charge is 0.355 e. The lowest BCUT2D eigenvalue weighted by Gasteiger charge is -2.33. The van der Waals surface area contributed by atoms with Crippen molar-refractivity contribution in [2.24, 2.45) is 0 Å². The Kier molecular flexibility index (Phi) is 10.1. The van der Waals surface area contributed by atoms with Crippen LogP contribution in [-0.2, 0) is 26.2 Å². The fraction of sp³-hybridized carbons (Fsp3) is 0.391. The van der Waals surface area contributed by atoms with Gasteiger partial charge in [-0.1, -0.05) is 42.3 Å². The third kappa shape index (κ3) is 7.31. The van der Waals surface area contributed by atoms with Crippen molar-refractivity contribution < 1.29 is 22.9 Å². The van der Waals surface area contributed by atoms with Crippen molar-refractivity contribution in [1.29, 1.82) is 0 Å². The van der Waals surface area contributed by atoms with Gasteiger partial charge in [-0.2, -0.15) is 0 Å². The smallest absolute Gasteiger partial charge is 0.271 e. The van der Waals surface area contributed by atoms with Crippen LogP contribution in [0.25, 0.3) is 0 Å². The van der Waals surface area contributed by atoms with E-state index in [1.165, 1.54) is 23.1 Å². The average molecular weight is 559 g/mol. The summed E-state index contributed by atoms with van der Waals surface area (Å²) in [6, 6.07) is 7.55. The van der Waals surface area contributed by atoms with Crippen LogP contribution in [0.1, 0.15) is 31.4 Å². The van der Waals surface area contributed by atoms with Crippen molar-refractivity contribution in [1.82, 2.24) is 10.2 Å². The van der Waals surface area contributed by atoms with Gasteiger partial charge in [0.1, 0.15) is 12.6 Å². The predicted octanol–water partition coefficient (Wildman–Crippen LogP) is 3.92. The number of amides is 2. The number of nitrogens with one attached hydrogen (secondary N) is 1. The Morgan fingerprint density at radius 2 is 1.81 bits per heavy atom. The van der Waals surface area contributed by atoms with Gasteiger partial charge in [-0.15, -0.1) is 0 Å². The molecule has 196 valence electrons. The lowest BCUT2D eigenvalue weighted by molar-refractivity contribution is -0.384. The number of nitro groups is 1. The van der Waals surface area contributed by atoms with E-state index in [4.69, 9.17) is 23.2 Å². The number of nitrogens with zero attached hydrogens (tertiary/aromatic N) is 3. The number of sulfonamides is 1. The van der Waals surface area contributed by atoms with Gasteiger partial charge in [-0.25, -0.2) is 8.42 Å². The second-order valence-electron chi connectivity index (χ2n) is 8.07. The highest BCUT2D eigenvalue weighted by molar-refractivity contribution is 7.92. The van der Waals surface area contributed by atoms with E-state index in [1.54, 1.807) is 32.9 Å². The molecule has 0 bridgehead atoms. The van der Waals surface area contributed by atoms with Crippen LogP contribution >= 0.6 is 23.2 Å². The normalized spacial score (nSPS) is 12.1. The summed E-state index contributed by atoms with van der Waals surface area (Å²) in [4.78, 5) is 38.3. The fourth-order valence-electron chi connectivity index (χ4n) is 3.62. The molecule has 13 heteroatoms. The van der Waals surface area contributed by atoms with Crippen LogP contribution < -0.4 is 9.62 Å². The molecule has 2 rings (SSSR count). The van der Waals surface area contributed by atoms with E-state index in [2.05, 4.69) is 5.32 Å². The van der Waals surface area contributed by atoms with Crippen molar-refractivity contribution in [3.05, 3.63) is 67.7 Å². The molecule has 0 aliphatic carbocycles. The zero-order valence-electron chi connectivity index (χ0n) is 20.3. The van der Waals surface area contributed by atoms with Crippen LogP contribution in [0.15, 0.2) is 36.4 Å². The highest BCUT2D eigenvalue weighted by atomic mass is 35.5. The maximum Gasteiger partial charge on any atom is 0.271 e. The minimum atomic E-state index is -4.04. The Morgan fingerprint density at radius 1 is 1.14 bits per heavy atom. The van der Waals surface area contributed by atoms with Crippen LogP contribution in [0, 0.1) is 17.0 Å². The molecule has 0 aromatic heterocycles. The van der Waals surface area contributed by atoms with E-state index in [1.807, 2.05) is 0 Å². The number of halogens is 2. The molecule has 0 aliphatic heterocycles. The van der Waals surface area contributed by atoms with E-state index < -0.39 is 39.3 Å². The molecule has 0 saturated carbocycles. The van der Waals surface area contributed by atoms with Crippen LogP contribution in [0.5, 0.6) is 0 Å². The first kappa shape index (κ1) is 29.3. The van der Waals surface area contributed by atoms with Crippen molar-refractivity contribution in [3.8, 4) is 0 Å². The molecular weight excluding hydrogens is 531 g/mol. The summed E-state index contributed by atoms with van der Waals surface area (Å²) < 4.78 is 26.2. The topological polar surface area (TPSA) is 130 Å². The molecule has 36 heavy (non-hydrogen) atoms. The molecule has 10 nitrogen and oxygen atoms in total. The number of nitro benzene ring substituents is 1. The van der Waals surface area contributed by atoms with Gasteiger partial charge in [0, 0.05) is 35.3 Å². The number of benzene rings is 2. The molecule has 0 saturated heterocycles. The highest BCUT2D eigenvalue weighted by Crippen LogP contribution is 2.29. The molecule has 0 fully saturated rings. The summed E-state index contributed by atoms with van der Waals surface area (Å²) in [7, 11) is -4.04. The maximum absolute atomic E-state index is 13.6. The molecule has 2 aromatic rings. The predicted molar refractivity (Wildman–Crippen MR) is 140 cm³/mol. The number of aryl methyl sites for hydroxylation is 1. The van der Waals surface area contributed by atoms with Gasteiger partial charge < -0.3 is 10.2 Å². The number of non-ortho nitro benzene ring substituents is 1. The molecule has 1 N–H and O–H groups in total. The molecule has 1 atom stereocenters. The van der Waals surface area contributed by atoms with E-state index in [-0.39, 0.29) is 29.4 Å². The lowest BCUT2D eigenvalue weighted by Crippen LogP contribution is -2.52. The number of likely N-dealkylation sites (N-methyl/N-ethyl adjacent to an activating group) is 1. The molecule has 2 aromatic carbocycles. The quantitative estimate of drug-likeness (QED) is 0.328. The Hall–Kier alpha value is -2.89. The number of anilines is 1. The molecule has 0 heterocycles. The van der Waals surface area contributed by atoms with Gasteiger partial charge in [0.2, 0.25) is 21.8 Å². The molecular formula is C23H28Cl2N4O6S. The third-order valence-corrected chi connectivity index (χ3v) is 7.16. The Balaban J connectivity index is 2.55. The Morgan fingerprint density at radius 3 is 2.33 bits per heavy atom. The number of hydrogen-bond acceptors (Lipinski definition) is 6. The van der Waals surface area contributed by atoms with Gasteiger partial charge >= 0.3 is 0 Å². The first-order valence-corrected chi connectivity index (χ1v) is 13.6. The lowest BCUT2D eigenvalue weighted by atomic mass is 10.1. The molecule has 2 amide bonds. The standard InChI is InChI=1S/C23H28Cl2N4O6S/c1-5-20(23(31)26-6-2)27(13-16-8-9-17(24)11-19(16)25)22(30)14-28(36(4,34)35)21-12-18(29(32)33)10-7-15(21)3/h7-12,20H,5-6,13-14H2,1-4H3,(H,26,31)/t20-/m0/s1. The minimum absolute atomic E-state index is 0.00409. The number of hydrogen-bond donors (Lipinski definition) is 1. The summed E-state index contributed by atoms with van der Waals surface area (Å²) in [5, 5.41) is 14.6. The van der Waals surface area contributed by atoms with Gasteiger partial charge in [-0.05, 0) is 43.5 Å². The van der Waals surface area contributed by atoms with Crippen LogP contribution in [0.3, 0.4) is 0 Å². The average Bonchev–Trinajstić information content (AvgIpc) is 2.78. The zero-order valence-corrected chi connectivity index (χ0v) is 22.7. The second-order valence-corrected chi connectivity index (χ2v) is 10.8. The van der Waals surface area contributed by atoms with Gasteiger partial charge in [-0.3, -0.25) is 24.0 Å². The summed E-state index contributed by atoms with van der Waals surface area (Å²) >= 11 is 12.3. The first-order chi connectivity index (χ1) is 16.8. The summed E-state index contributed by atoms with van der Waals surface area (Å²) in [5.41, 5.74) is 0.599. The molecule has 0 spiro atoms. The van der Waals surface area contributed by atoms with Crippen LogP contribution in [0.2, 0.25) is 10.0 Å². The number of rotatable bonds is 11. The monoisotopic (exact) mass is 558 g/mol. The molecule has 0 unspecified atom stereocenters. The Bertz CT molecular complexity index is 1260. The second kappa shape index (κ2) is 12.4. The SMILES string of the molecule is CCNC(=O)[C@H](CC)N(Cc1ccc(Cl)cc1Cl)C(=O)CN(c1cc([N+](=O)[O-])ccc1C)S(C)(=O)=O. The van der Waals surface area contributed by atoms with Crippen molar-refractivity contribution in [2.45, 2.75) is 39.8 Å². The minimum Gasteiger partial charge on any atom is -0.355 e. The summed E-state index contributed by atoms with van der Waals surface area (Å²) in [6.45, 7) is 4.61. The van der Waals surface area contributed by atoms with Crippen molar-refractivity contribution >= 4 is 56.4 Å². The number of carbonyl (C=O) groups is 2. The molecule has 0 aliphatic rings. The third-order valence-electron chi connectivity index (χ3n) is 5.44. The highest BCUT2D eigenvalue weighted by Gasteiger charge is 2.32. The summed E-state index contributed by atoms with van der Waals surface area (Å²) in [6.07, 6.45) is 1.15. The van der Waals surface area contributed by atoms with Crippen LogP contribution in [0.4, 0.5) is 11.4 Å². The van der Waals surface area contributed by atoms with E-state index in [9.17, 15) is 28.1 Å². The fourth-order valence-corrected chi connectivity index (χ4v) is 4.99. The van der Waals surface area contributed by atoms with Crippen molar-refractivity contribution in [2.75, 3.05) is 23.7 Å². The van der Waals surface area contributed by atoms with Crippen LogP contribution in [-0.4, -0.2) is 55.4 Å². The number of carbonyl (C=O) groups excluding carboxylic acids is 2. The summed E-state index contributed by atoms with van der Waals surface area (Å²) in [5.74, 6) is -1.09. The Labute approximate surface area is 220 Å². The van der Waals surface area contributed by atoms with E-state index in [0.29, 0.717) is 22.7 Å². The van der Waals surface area contributed by atoms with Gasteiger partial charge in [0.05, 0.1) is 16.9 Å². The van der Waals surface area contributed by atoms with E-state index in [0.717, 1.165) is 16.6 Å². The molecule has 0 radical (unpaired) electrons.